The molecular formula is C19H22N2O. The molecule has 1 heterocycles. The van der Waals surface area contributed by atoms with Crippen LogP contribution in [0.25, 0.3) is 10.9 Å². The maximum Gasteiger partial charge on any atom is 0.120 e. The Labute approximate surface area is 131 Å². The average molecular weight is 294 g/mol. The van der Waals surface area contributed by atoms with Crippen LogP contribution in [0, 0.1) is 0 Å². The minimum Gasteiger partial charge on any atom is -0.493 e. The summed E-state index contributed by atoms with van der Waals surface area (Å²) in [7, 11) is 0. The maximum absolute atomic E-state index is 5.92. The fourth-order valence-corrected chi connectivity index (χ4v) is 3.00. The summed E-state index contributed by atoms with van der Waals surface area (Å²) in [5, 5.41) is 8.07. The van der Waals surface area contributed by atoms with E-state index in [2.05, 4.69) is 42.2 Å². The molecule has 0 aliphatic heterocycles. The summed E-state index contributed by atoms with van der Waals surface area (Å²) in [6.07, 6.45) is 4.94. The van der Waals surface area contributed by atoms with Crippen molar-refractivity contribution >= 4 is 10.9 Å². The summed E-state index contributed by atoms with van der Waals surface area (Å²) in [6, 6.07) is 12.6. The van der Waals surface area contributed by atoms with Gasteiger partial charge in [0.05, 0.1) is 18.3 Å². The van der Waals surface area contributed by atoms with Crippen molar-refractivity contribution in [2.24, 2.45) is 0 Å². The maximum atomic E-state index is 5.92. The molecule has 1 N–H and O–H groups in total. The molecule has 3 rings (SSSR count). The van der Waals surface area contributed by atoms with Gasteiger partial charge < -0.3 is 4.74 Å². The Balaban J connectivity index is 1.67. The van der Waals surface area contributed by atoms with Gasteiger partial charge >= 0.3 is 0 Å². The quantitative estimate of drug-likeness (QED) is 0.735. The number of aryl methyl sites for hydroxylation is 1. The van der Waals surface area contributed by atoms with Crippen LogP contribution in [0.4, 0.5) is 0 Å². The lowest BCUT2D eigenvalue weighted by Gasteiger charge is -2.13. The highest BCUT2D eigenvalue weighted by atomic mass is 16.5. The highest BCUT2D eigenvalue weighted by Gasteiger charge is 2.06. The van der Waals surface area contributed by atoms with Crippen LogP contribution < -0.4 is 4.74 Å². The van der Waals surface area contributed by atoms with Crippen LogP contribution in [-0.4, -0.2) is 16.8 Å². The number of hydrogen-bond donors (Lipinski definition) is 1. The van der Waals surface area contributed by atoms with Crippen LogP contribution in [0.2, 0.25) is 0 Å². The third-order valence-electron chi connectivity index (χ3n) is 4.16. The second-order valence-corrected chi connectivity index (χ2v) is 5.48. The summed E-state index contributed by atoms with van der Waals surface area (Å²) in [4.78, 5) is 0. The summed E-state index contributed by atoms with van der Waals surface area (Å²) in [5.41, 5.74) is 5.39. The van der Waals surface area contributed by atoms with Crippen molar-refractivity contribution < 1.29 is 4.74 Å². The minimum absolute atomic E-state index is 0.698. The predicted octanol–water partition coefficient (Wildman–Crippen LogP) is 4.31. The van der Waals surface area contributed by atoms with Crippen molar-refractivity contribution in [3.05, 3.63) is 59.3 Å². The predicted molar refractivity (Wildman–Crippen MR) is 90.5 cm³/mol. The third-order valence-corrected chi connectivity index (χ3v) is 4.16. The molecule has 0 fully saturated rings. The van der Waals surface area contributed by atoms with Crippen molar-refractivity contribution in [2.45, 2.75) is 33.1 Å². The zero-order chi connectivity index (χ0) is 15.4. The van der Waals surface area contributed by atoms with E-state index in [0.29, 0.717) is 6.61 Å². The normalized spacial score (nSPS) is 11.0. The molecule has 0 radical (unpaired) electrons. The van der Waals surface area contributed by atoms with Crippen molar-refractivity contribution in [1.82, 2.24) is 10.2 Å². The van der Waals surface area contributed by atoms with Crippen LogP contribution in [0.5, 0.6) is 5.75 Å². The Bertz CT molecular complexity index is 761. The number of ether oxygens (including phenoxy) is 1. The molecule has 0 atom stereocenters. The second-order valence-electron chi connectivity index (χ2n) is 5.48. The molecule has 0 saturated heterocycles. The third kappa shape index (κ3) is 2.98. The number of rotatable bonds is 6. The zero-order valence-corrected chi connectivity index (χ0v) is 13.2. The molecule has 0 aliphatic carbocycles. The molecule has 0 saturated carbocycles. The van der Waals surface area contributed by atoms with Crippen molar-refractivity contribution in [2.75, 3.05) is 6.61 Å². The van der Waals surface area contributed by atoms with Crippen LogP contribution in [0.15, 0.2) is 42.6 Å². The number of hydrogen-bond acceptors (Lipinski definition) is 2. The fraction of sp³-hybridized carbons (Fsp3) is 0.316. The number of H-pyrrole nitrogens is 1. The summed E-state index contributed by atoms with van der Waals surface area (Å²) in [5.74, 6) is 0.901. The summed E-state index contributed by atoms with van der Waals surface area (Å²) < 4.78 is 5.92. The van der Waals surface area contributed by atoms with Gasteiger partial charge in [-0.2, -0.15) is 5.10 Å². The Morgan fingerprint density at radius 1 is 1.05 bits per heavy atom. The number of nitrogens with one attached hydrogen (secondary N) is 1. The van der Waals surface area contributed by atoms with Gasteiger partial charge in [-0.25, -0.2) is 0 Å². The van der Waals surface area contributed by atoms with E-state index in [9.17, 15) is 0 Å². The van der Waals surface area contributed by atoms with Gasteiger partial charge in [0.2, 0.25) is 0 Å². The summed E-state index contributed by atoms with van der Waals surface area (Å²) in [6.45, 7) is 5.14. The lowest BCUT2D eigenvalue weighted by atomic mass is 9.95. The van der Waals surface area contributed by atoms with Gasteiger partial charge in [-0.15, -0.1) is 0 Å². The van der Waals surface area contributed by atoms with Gasteiger partial charge in [-0.05, 0) is 47.7 Å². The van der Waals surface area contributed by atoms with Crippen LogP contribution in [0.1, 0.15) is 30.5 Å². The molecule has 3 nitrogen and oxygen atoms in total. The van der Waals surface area contributed by atoms with Gasteiger partial charge in [-0.3, -0.25) is 5.10 Å². The van der Waals surface area contributed by atoms with Crippen molar-refractivity contribution in [3.63, 3.8) is 0 Å². The zero-order valence-electron chi connectivity index (χ0n) is 13.2. The van der Waals surface area contributed by atoms with E-state index in [-0.39, 0.29) is 0 Å². The average Bonchev–Trinajstić information content (AvgIpc) is 3.02. The Hall–Kier alpha value is -2.29. The van der Waals surface area contributed by atoms with Crippen LogP contribution in [-0.2, 0) is 19.3 Å². The van der Waals surface area contributed by atoms with Crippen LogP contribution >= 0.6 is 0 Å². The highest BCUT2D eigenvalue weighted by molar-refractivity contribution is 5.79. The van der Waals surface area contributed by atoms with Crippen molar-refractivity contribution in [3.8, 4) is 5.75 Å². The molecule has 114 valence electrons. The molecule has 3 heteroatoms. The minimum atomic E-state index is 0.698. The lowest BCUT2D eigenvalue weighted by molar-refractivity contribution is 0.322. The van der Waals surface area contributed by atoms with Crippen LogP contribution in [0.3, 0.4) is 0 Å². The van der Waals surface area contributed by atoms with Gasteiger partial charge in [0.1, 0.15) is 5.75 Å². The Morgan fingerprint density at radius 2 is 1.91 bits per heavy atom. The molecule has 3 aromatic rings. The largest absolute Gasteiger partial charge is 0.493 e. The number of benzene rings is 2. The molecule has 2 aromatic carbocycles. The number of nitrogens with zero attached hydrogens (tertiary/aromatic N) is 1. The topological polar surface area (TPSA) is 37.9 Å². The molecule has 0 bridgehead atoms. The first kappa shape index (κ1) is 14.6. The molecule has 0 amide bonds. The SMILES string of the molecule is CCc1cccc(CCOc2ccc3[nH]ncc3c2)c1CC. The smallest absolute Gasteiger partial charge is 0.120 e. The molecule has 0 spiro atoms. The number of fused-ring (bicyclic) bond motifs is 1. The fourth-order valence-electron chi connectivity index (χ4n) is 3.00. The van der Waals surface area contributed by atoms with Gasteiger partial charge in [0.15, 0.2) is 0 Å². The van der Waals surface area contributed by atoms with E-state index in [1.165, 1.54) is 16.7 Å². The van der Waals surface area contributed by atoms with E-state index in [1.54, 1.807) is 0 Å². The highest BCUT2D eigenvalue weighted by Crippen LogP contribution is 2.20. The van der Waals surface area contributed by atoms with E-state index in [4.69, 9.17) is 4.74 Å². The Morgan fingerprint density at radius 3 is 2.73 bits per heavy atom. The first-order valence-corrected chi connectivity index (χ1v) is 7.97. The van der Waals surface area contributed by atoms with Gasteiger partial charge in [-0.1, -0.05) is 32.0 Å². The lowest BCUT2D eigenvalue weighted by Crippen LogP contribution is -2.05. The molecular weight excluding hydrogens is 272 g/mol. The first-order valence-electron chi connectivity index (χ1n) is 7.97. The summed E-state index contributed by atoms with van der Waals surface area (Å²) >= 11 is 0. The molecule has 1 aromatic heterocycles. The molecule has 0 unspecified atom stereocenters. The molecule has 0 aliphatic rings. The van der Waals surface area contributed by atoms with Gasteiger partial charge in [0.25, 0.3) is 0 Å². The van der Waals surface area contributed by atoms with E-state index in [1.807, 2.05) is 24.4 Å². The molecule has 22 heavy (non-hydrogen) atoms. The number of aromatic amines is 1. The van der Waals surface area contributed by atoms with E-state index >= 15 is 0 Å². The standard InChI is InChI=1S/C19H22N2O/c1-3-14-6-5-7-15(18(14)4-2)10-11-22-17-8-9-19-16(12-17)13-20-21-19/h5-9,12-13H,3-4,10-11H2,1-2H3,(H,20,21). The monoisotopic (exact) mass is 294 g/mol. The first-order chi connectivity index (χ1) is 10.8. The second kappa shape index (κ2) is 6.65. The van der Waals surface area contributed by atoms with Gasteiger partial charge in [0, 0.05) is 11.8 Å². The Kier molecular flexibility index (Phi) is 4.42. The van der Waals surface area contributed by atoms with Crippen molar-refractivity contribution in [1.29, 1.82) is 0 Å². The number of aromatic nitrogens is 2. The van der Waals surface area contributed by atoms with E-state index in [0.717, 1.165) is 35.9 Å². The van der Waals surface area contributed by atoms with E-state index < -0.39 is 0 Å².